The van der Waals surface area contributed by atoms with Crippen LogP contribution in [0, 0.1) is 24.0 Å². The maximum atomic E-state index is 13.0. The van der Waals surface area contributed by atoms with Crippen LogP contribution in [0.3, 0.4) is 0 Å². The van der Waals surface area contributed by atoms with E-state index in [0.717, 1.165) is 24.8 Å². The highest BCUT2D eigenvalue weighted by Crippen LogP contribution is 2.32. The van der Waals surface area contributed by atoms with E-state index in [0.29, 0.717) is 24.7 Å². The lowest BCUT2D eigenvalue weighted by Gasteiger charge is -2.23. The predicted octanol–water partition coefficient (Wildman–Crippen LogP) is 2.15. The number of fused-ring (bicyclic) bond motifs is 2. The largest absolute Gasteiger partial charge is 0.310 e. The van der Waals surface area contributed by atoms with Gasteiger partial charge < -0.3 is 5.32 Å². The number of halogens is 1. The molecule has 24 heavy (non-hydrogen) atoms. The molecule has 7 nitrogen and oxygen atoms in total. The molecule has 0 spiro atoms. The Labute approximate surface area is 148 Å². The summed E-state index contributed by atoms with van der Waals surface area (Å²) in [6.07, 6.45) is 2.77. The Morgan fingerprint density at radius 3 is 2.46 bits per heavy atom. The first-order chi connectivity index (χ1) is 10.8. The van der Waals surface area contributed by atoms with Crippen molar-refractivity contribution in [2.45, 2.75) is 50.1 Å². The zero-order valence-electron chi connectivity index (χ0n) is 13.7. The minimum atomic E-state index is -3.87. The van der Waals surface area contributed by atoms with Gasteiger partial charge in [0.1, 0.15) is 0 Å². The third-order valence-electron chi connectivity index (χ3n) is 4.88. The van der Waals surface area contributed by atoms with Crippen LogP contribution in [-0.2, 0) is 10.0 Å². The Balaban J connectivity index is 0.00000208. The molecule has 2 unspecified atom stereocenters. The summed E-state index contributed by atoms with van der Waals surface area (Å²) in [6.45, 7) is 4.29. The Morgan fingerprint density at radius 1 is 1.17 bits per heavy atom. The zero-order valence-corrected chi connectivity index (χ0v) is 15.3. The fourth-order valence-electron chi connectivity index (χ4n) is 3.39. The first-order valence-corrected chi connectivity index (χ1v) is 9.25. The van der Waals surface area contributed by atoms with E-state index in [1.807, 2.05) is 0 Å². The standard InChI is InChI=1S/C15H21N3O4S.ClH/c1-10-7-14(18(19)20)15(8-11(10)2)23(21,22)17-6-5-12-3-4-13(9-17)16-12;/h7-8,12-13,16H,3-6,9H2,1-2H3;1H. The second-order valence-corrected chi connectivity index (χ2v) is 8.36. The monoisotopic (exact) mass is 375 g/mol. The molecule has 0 aliphatic carbocycles. The summed E-state index contributed by atoms with van der Waals surface area (Å²) in [5.41, 5.74) is 1.12. The maximum absolute atomic E-state index is 13.0. The second-order valence-electron chi connectivity index (χ2n) is 6.45. The molecule has 134 valence electrons. The van der Waals surface area contributed by atoms with Gasteiger partial charge in [-0.25, -0.2) is 8.42 Å². The fraction of sp³-hybridized carbons (Fsp3) is 0.600. The van der Waals surface area contributed by atoms with Crippen LogP contribution in [0.4, 0.5) is 5.69 Å². The van der Waals surface area contributed by atoms with Gasteiger partial charge in [0.05, 0.1) is 4.92 Å². The molecule has 0 aromatic heterocycles. The fourth-order valence-corrected chi connectivity index (χ4v) is 5.12. The normalized spacial score (nSPS) is 24.2. The van der Waals surface area contributed by atoms with Gasteiger partial charge in [-0.05, 0) is 50.3 Å². The Hall–Kier alpha value is -1.22. The first-order valence-electron chi connectivity index (χ1n) is 7.81. The quantitative estimate of drug-likeness (QED) is 0.645. The predicted molar refractivity (Wildman–Crippen MR) is 93.1 cm³/mol. The highest BCUT2D eigenvalue weighted by Gasteiger charge is 2.37. The van der Waals surface area contributed by atoms with E-state index in [1.165, 1.54) is 16.4 Å². The second kappa shape index (κ2) is 6.95. The molecule has 2 fully saturated rings. The number of rotatable bonds is 3. The number of nitrogens with one attached hydrogen (secondary N) is 1. The van der Waals surface area contributed by atoms with E-state index < -0.39 is 14.9 Å². The van der Waals surface area contributed by atoms with Crippen LogP contribution >= 0.6 is 12.4 Å². The number of hydrogen-bond acceptors (Lipinski definition) is 5. The van der Waals surface area contributed by atoms with Crippen molar-refractivity contribution >= 4 is 28.1 Å². The molecule has 0 saturated carbocycles. The van der Waals surface area contributed by atoms with Gasteiger partial charge in [0, 0.05) is 31.2 Å². The lowest BCUT2D eigenvalue weighted by molar-refractivity contribution is -0.387. The van der Waals surface area contributed by atoms with Crippen molar-refractivity contribution in [1.29, 1.82) is 0 Å². The third-order valence-corrected chi connectivity index (χ3v) is 6.77. The van der Waals surface area contributed by atoms with Gasteiger partial charge in [0.15, 0.2) is 4.90 Å². The summed E-state index contributed by atoms with van der Waals surface area (Å²) >= 11 is 0. The topological polar surface area (TPSA) is 92.5 Å². The number of benzene rings is 1. The van der Waals surface area contributed by atoms with Gasteiger partial charge in [-0.3, -0.25) is 10.1 Å². The average molecular weight is 376 g/mol. The van der Waals surface area contributed by atoms with Gasteiger partial charge >= 0.3 is 0 Å². The Kier molecular flexibility index (Phi) is 5.54. The molecule has 2 atom stereocenters. The lowest BCUT2D eigenvalue weighted by atomic mass is 10.1. The average Bonchev–Trinajstić information content (AvgIpc) is 2.79. The molecule has 2 saturated heterocycles. The van der Waals surface area contributed by atoms with Gasteiger partial charge in [-0.15, -0.1) is 12.4 Å². The maximum Gasteiger partial charge on any atom is 0.289 e. The molecule has 1 N–H and O–H groups in total. The summed E-state index contributed by atoms with van der Waals surface area (Å²) in [4.78, 5) is 10.5. The van der Waals surface area contributed by atoms with E-state index in [4.69, 9.17) is 0 Å². The molecule has 0 radical (unpaired) electrons. The van der Waals surface area contributed by atoms with Crippen LogP contribution in [0.25, 0.3) is 0 Å². The Bertz CT molecular complexity index is 753. The van der Waals surface area contributed by atoms with Gasteiger partial charge in [-0.1, -0.05) is 0 Å². The Morgan fingerprint density at radius 2 is 1.79 bits per heavy atom. The van der Waals surface area contributed by atoms with Crippen molar-refractivity contribution in [1.82, 2.24) is 9.62 Å². The molecule has 9 heteroatoms. The number of aryl methyl sites for hydroxylation is 2. The van der Waals surface area contributed by atoms with Crippen LogP contribution in [0.5, 0.6) is 0 Å². The highest BCUT2D eigenvalue weighted by molar-refractivity contribution is 7.89. The van der Waals surface area contributed by atoms with E-state index in [9.17, 15) is 18.5 Å². The molecular weight excluding hydrogens is 354 g/mol. The molecule has 3 rings (SSSR count). The minimum Gasteiger partial charge on any atom is -0.310 e. The van der Waals surface area contributed by atoms with E-state index in [1.54, 1.807) is 13.8 Å². The number of nitrogens with zero attached hydrogens (tertiary/aromatic N) is 2. The number of sulfonamides is 1. The van der Waals surface area contributed by atoms with E-state index in [-0.39, 0.29) is 29.0 Å². The lowest BCUT2D eigenvalue weighted by Crippen LogP contribution is -2.39. The highest BCUT2D eigenvalue weighted by atomic mass is 35.5. The van der Waals surface area contributed by atoms with Crippen LogP contribution in [-0.4, -0.2) is 42.8 Å². The summed E-state index contributed by atoms with van der Waals surface area (Å²) in [5, 5.41) is 14.7. The molecular formula is C15H22ClN3O4S. The molecule has 1 aromatic carbocycles. The van der Waals surface area contributed by atoms with Crippen molar-refractivity contribution in [2.24, 2.45) is 0 Å². The number of nitro groups is 1. The molecule has 2 aliphatic heterocycles. The smallest absolute Gasteiger partial charge is 0.289 e. The summed E-state index contributed by atoms with van der Waals surface area (Å²) in [7, 11) is -3.87. The van der Waals surface area contributed by atoms with Crippen LogP contribution in [0.15, 0.2) is 17.0 Å². The van der Waals surface area contributed by atoms with Crippen LogP contribution in [0.2, 0.25) is 0 Å². The van der Waals surface area contributed by atoms with Gasteiger partial charge in [0.25, 0.3) is 5.69 Å². The summed E-state index contributed by atoms with van der Waals surface area (Å²) in [5.74, 6) is 0. The number of hydrogen-bond donors (Lipinski definition) is 1. The van der Waals surface area contributed by atoms with Crippen molar-refractivity contribution in [3.63, 3.8) is 0 Å². The van der Waals surface area contributed by atoms with E-state index in [2.05, 4.69) is 5.32 Å². The minimum absolute atomic E-state index is 0. The SMILES string of the molecule is Cc1cc([N+](=O)[O-])c(S(=O)(=O)N2CCC3CCC(C2)N3)cc1C.Cl. The van der Waals surface area contributed by atoms with Crippen molar-refractivity contribution in [3.05, 3.63) is 33.4 Å². The van der Waals surface area contributed by atoms with Crippen molar-refractivity contribution in [3.8, 4) is 0 Å². The summed E-state index contributed by atoms with van der Waals surface area (Å²) < 4.78 is 27.4. The summed E-state index contributed by atoms with van der Waals surface area (Å²) in [6, 6.07) is 3.28. The molecule has 1 aromatic rings. The van der Waals surface area contributed by atoms with E-state index >= 15 is 0 Å². The first kappa shape index (κ1) is 19.1. The molecule has 2 aliphatic rings. The van der Waals surface area contributed by atoms with Crippen LogP contribution in [0.1, 0.15) is 30.4 Å². The molecule has 0 amide bonds. The number of nitro benzene ring substituents is 1. The van der Waals surface area contributed by atoms with Crippen molar-refractivity contribution < 1.29 is 13.3 Å². The third kappa shape index (κ3) is 3.42. The van der Waals surface area contributed by atoms with Crippen LogP contribution < -0.4 is 5.32 Å². The van der Waals surface area contributed by atoms with Gasteiger partial charge in [0.2, 0.25) is 10.0 Å². The van der Waals surface area contributed by atoms with Gasteiger partial charge in [-0.2, -0.15) is 4.31 Å². The molecule has 2 heterocycles. The van der Waals surface area contributed by atoms with Crippen molar-refractivity contribution in [2.75, 3.05) is 13.1 Å². The zero-order chi connectivity index (χ0) is 16.8. The molecule has 2 bridgehead atoms.